The maximum Gasteiger partial charge on any atom is 0.107 e. The predicted octanol–water partition coefficient (Wildman–Crippen LogP) is 0.518. The van der Waals surface area contributed by atoms with Crippen molar-refractivity contribution in [3.8, 4) is 11.8 Å². The van der Waals surface area contributed by atoms with Gasteiger partial charge < -0.3 is 9.64 Å². The van der Waals surface area contributed by atoms with Crippen molar-refractivity contribution in [2.75, 3.05) is 47.9 Å². The van der Waals surface area contributed by atoms with Crippen molar-refractivity contribution in [2.24, 2.45) is 0 Å². The molecule has 0 N–H and O–H groups in total. The van der Waals surface area contributed by atoms with Gasteiger partial charge in [0.05, 0.1) is 6.04 Å². The molecule has 0 amide bonds. The van der Waals surface area contributed by atoms with E-state index in [0.29, 0.717) is 6.61 Å². The van der Waals surface area contributed by atoms with Crippen LogP contribution in [0.4, 0.5) is 0 Å². The molecule has 0 aromatic carbocycles. The summed E-state index contributed by atoms with van der Waals surface area (Å²) in [6, 6.07) is 0.283. The predicted molar refractivity (Wildman–Crippen MR) is 60.3 cm³/mol. The Morgan fingerprint density at radius 1 is 1.21 bits per heavy atom. The van der Waals surface area contributed by atoms with Gasteiger partial charge >= 0.3 is 0 Å². The van der Waals surface area contributed by atoms with Gasteiger partial charge in [-0.25, -0.2) is 0 Å². The second-order valence-corrected chi connectivity index (χ2v) is 3.70. The highest BCUT2D eigenvalue weighted by Gasteiger charge is 2.07. The van der Waals surface area contributed by atoms with Crippen LogP contribution in [-0.2, 0) is 4.74 Å². The molecular formula is C11H22N2O. The Morgan fingerprint density at radius 2 is 1.86 bits per heavy atom. The first-order chi connectivity index (χ1) is 6.57. The van der Waals surface area contributed by atoms with Crippen LogP contribution in [0.15, 0.2) is 0 Å². The standard InChI is InChI=1S/C11H22N2O/c1-6-14-9-7-8-11(13(4)5)10-12(2)3/h11H,6,9-10H2,1-5H3. The Kier molecular flexibility index (Phi) is 7.50. The second-order valence-electron chi connectivity index (χ2n) is 3.70. The van der Waals surface area contributed by atoms with Gasteiger partial charge in [0.2, 0.25) is 0 Å². The fraction of sp³-hybridized carbons (Fsp3) is 0.818. The zero-order chi connectivity index (χ0) is 11.0. The lowest BCUT2D eigenvalue weighted by molar-refractivity contribution is 0.182. The summed E-state index contributed by atoms with van der Waals surface area (Å²) in [6.07, 6.45) is 0. The first-order valence-electron chi connectivity index (χ1n) is 4.95. The van der Waals surface area contributed by atoms with Gasteiger partial charge in [0.1, 0.15) is 6.61 Å². The Bertz CT molecular complexity index is 191. The lowest BCUT2D eigenvalue weighted by Crippen LogP contribution is -2.36. The van der Waals surface area contributed by atoms with Gasteiger partial charge in [-0.05, 0) is 35.1 Å². The van der Waals surface area contributed by atoms with E-state index in [1.807, 2.05) is 21.0 Å². The van der Waals surface area contributed by atoms with Crippen molar-refractivity contribution in [1.82, 2.24) is 9.80 Å². The number of likely N-dealkylation sites (N-methyl/N-ethyl adjacent to an activating group) is 2. The Labute approximate surface area is 88.0 Å². The lowest BCUT2D eigenvalue weighted by atomic mass is 10.2. The van der Waals surface area contributed by atoms with E-state index in [4.69, 9.17) is 4.74 Å². The Morgan fingerprint density at radius 3 is 2.29 bits per heavy atom. The minimum Gasteiger partial charge on any atom is -0.369 e. The summed E-state index contributed by atoms with van der Waals surface area (Å²) in [5.41, 5.74) is 0. The summed E-state index contributed by atoms with van der Waals surface area (Å²) >= 11 is 0. The van der Waals surface area contributed by atoms with E-state index in [2.05, 4.69) is 35.7 Å². The minimum absolute atomic E-state index is 0.283. The van der Waals surface area contributed by atoms with Gasteiger partial charge in [-0.2, -0.15) is 0 Å². The molecule has 82 valence electrons. The van der Waals surface area contributed by atoms with E-state index in [0.717, 1.165) is 13.2 Å². The molecule has 0 saturated heterocycles. The van der Waals surface area contributed by atoms with Crippen molar-refractivity contribution in [2.45, 2.75) is 13.0 Å². The lowest BCUT2D eigenvalue weighted by Gasteiger charge is -2.22. The number of ether oxygens (including phenoxy) is 1. The zero-order valence-electron chi connectivity index (χ0n) is 10.0. The Balaban J connectivity index is 3.99. The molecule has 0 aliphatic carbocycles. The van der Waals surface area contributed by atoms with Gasteiger partial charge in [-0.3, -0.25) is 4.90 Å². The molecule has 0 spiro atoms. The monoisotopic (exact) mass is 198 g/mol. The van der Waals surface area contributed by atoms with Crippen LogP contribution in [0.2, 0.25) is 0 Å². The van der Waals surface area contributed by atoms with Gasteiger partial charge in [0.25, 0.3) is 0 Å². The summed E-state index contributed by atoms with van der Waals surface area (Å²) in [6.45, 7) is 4.19. The molecule has 0 radical (unpaired) electrons. The van der Waals surface area contributed by atoms with Crippen molar-refractivity contribution in [3.05, 3.63) is 0 Å². The number of rotatable bonds is 5. The largest absolute Gasteiger partial charge is 0.369 e. The topological polar surface area (TPSA) is 15.7 Å². The maximum atomic E-state index is 5.16. The van der Waals surface area contributed by atoms with Crippen LogP contribution >= 0.6 is 0 Å². The summed E-state index contributed by atoms with van der Waals surface area (Å²) in [5.74, 6) is 6.23. The molecule has 0 aliphatic heterocycles. The van der Waals surface area contributed by atoms with Crippen LogP contribution < -0.4 is 0 Å². The molecule has 0 aromatic rings. The molecule has 3 nitrogen and oxygen atoms in total. The van der Waals surface area contributed by atoms with Crippen LogP contribution in [0.25, 0.3) is 0 Å². The summed E-state index contributed by atoms with van der Waals surface area (Å²) < 4.78 is 5.16. The van der Waals surface area contributed by atoms with E-state index < -0.39 is 0 Å². The van der Waals surface area contributed by atoms with E-state index in [9.17, 15) is 0 Å². The molecule has 0 saturated carbocycles. The van der Waals surface area contributed by atoms with E-state index in [1.165, 1.54) is 0 Å². The fourth-order valence-electron chi connectivity index (χ4n) is 0.996. The van der Waals surface area contributed by atoms with E-state index in [-0.39, 0.29) is 6.04 Å². The molecule has 0 bridgehead atoms. The average molecular weight is 198 g/mol. The van der Waals surface area contributed by atoms with Crippen LogP contribution in [0, 0.1) is 11.8 Å². The molecule has 0 fully saturated rings. The fourth-order valence-corrected chi connectivity index (χ4v) is 0.996. The minimum atomic E-state index is 0.283. The first kappa shape index (κ1) is 13.4. The molecule has 1 atom stereocenters. The van der Waals surface area contributed by atoms with Crippen LogP contribution in [0.1, 0.15) is 6.92 Å². The van der Waals surface area contributed by atoms with Gasteiger partial charge in [0, 0.05) is 13.2 Å². The molecule has 0 heterocycles. The molecule has 1 unspecified atom stereocenters. The van der Waals surface area contributed by atoms with Crippen LogP contribution in [0.5, 0.6) is 0 Å². The van der Waals surface area contributed by atoms with E-state index >= 15 is 0 Å². The smallest absolute Gasteiger partial charge is 0.107 e. The van der Waals surface area contributed by atoms with Crippen LogP contribution in [0.3, 0.4) is 0 Å². The Hall–Kier alpha value is -0.560. The summed E-state index contributed by atoms with van der Waals surface area (Å²) in [7, 11) is 8.20. The summed E-state index contributed by atoms with van der Waals surface area (Å²) in [4.78, 5) is 4.26. The normalized spacial score (nSPS) is 12.8. The van der Waals surface area contributed by atoms with Gasteiger partial charge in [-0.15, -0.1) is 0 Å². The quantitative estimate of drug-likeness (QED) is 0.473. The van der Waals surface area contributed by atoms with Crippen molar-refractivity contribution in [3.63, 3.8) is 0 Å². The number of nitrogens with zero attached hydrogens (tertiary/aromatic N) is 2. The molecule has 0 aromatic heterocycles. The highest BCUT2D eigenvalue weighted by Crippen LogP contribution is 1.93. The highest BCUT2D eigenvalue weighted by atomic mass is 16.5. The third-order valence-electron chi connectivity index (χ3n) is 1.81. The SMILES string of the molecule is CCOCC#CC(CN(C)C)N(C)C. The number of hydrogen-bond donors (Lipinski definition) is 0. The van der Waals surface area contributed by atoms with Gasteiger partial charge in [0.15, 0.2) is 0 Å². The van der Waals surface area contributed by atoms with Crippen molar-refractivity contribution < 1.29 is 4.74 Å². The van der Waals surface area contributed by atoms with E-state index in [1.54, 1.807) is 0 Å². The van der Waals surface area contributed by atoms with Crippen LogP contribution in [-0.4, -0.2) is 63.8 Å². The third kappa shape index (κ3) is 6.90. The third-order valence-corrected chi connectivity index (χ3v) is 1.81. The second kappa shape index (κ2) is 7.81. The summed E-state index contributed by atoms with van der Waals surface area (Å²) in [5, 5.41) is 0. The maximum absolute atomic E-state index is 5.16. The number of hydrogen-bond acceptors (Lipinski definition) is 3. The van der Waals surface area contributed by atoms with Gasteiger partial charge in [-0.1, -0.05) is 11.8 Å². The zero-order valence-corrected chi connectivity index (χ0v) is 10.0. The van der Waals surface area contributed by atoms with Crippen molar-refractivity contribution in [1.29, 1.82) is 0 Å². The molecule has 0 rings (SSSR count). The molecular weight excluding hydrogens is 176 g/mol. The average Bonchev–Trinajstić information content (AvgIpc) is 2.09. The highest BCUT2D eigenvalue weighted by molar-refractivity contribution is 5.08. The first-order valence-corrected chi connectivity index (χ1v) is 4.95. The molecule has 14 heavy (non-hydrogen) atoms. The molecule has 3 heteroatoms. The van der Waals surface area contributed by atoms with Crippen molar-refractivity contribution >= 4 is 0 Å². The molecule has 0 aliphatic rings.